The van der Waals surface area contributed by atoms with Crippen LogP contribution in [-0.4, -0.2) is 22.7 Å². The van der Waals surface area contributed by atoms with Gasteiger partial charge >= 0.3 is 0 Å². The van der Waals surface area contributed by atoms with Gasteiger partial charge in [-0.05, 0) is 64.8 Å². The summed E-state index contributed by atoms with van der Waals surface area (Å²) in [5.41, 5.74) is 1.46. The highest BCUT2D eigenvalue weighted by molar-refractivity contribution is 5.81. The van der Waals surface area contributed by atoms with E-state index in [1.165, 1.54) is 0 Å². The normalized spacial score (nSPS) is 14.6. The fraction of sp³-hybridized carbons (Fsp3) is 0.562. The van der Waals surface area contributed by atoms with Gasteiger partial charge < -0.3 is 15.2 Å². The average Bonchev–Trinajstić information content (AvgIpc) is 2.29. The van der Waals surface area contributed by atoms with Crippen LogP contribution in [0.25, 0.3) is 0 Å². The third-order valence-electron chi connectivity index (χ3n) is 2.85. The van der Waals surface area contributed by atoms with Gasteiger partial charge in [-0.3, -0.25) is 4.79 Å². The Kier molecular flexibility index (Phi) is 5.17. The highest BCUT2D eigenvalue weighted by Gasteiger charge is 2.21. The number of nitrogens with one attached hydrogen (secondary N) is 1. The Bertz CT molecular complexity index is 475. The summed E-state index contributed by atoms with van der Waals surface area (Å²) in [6, 6.07) is 5.47. The number of aliphatic hydroxyl groups is 1. The van der Waals surface area contributed by atoms with Crippen LogP contribution < -0.4 is 10.1 Å². The lowest BCUT2D eigenvalue weighted by atomic mass is 10.1. The van der Waals surface area contributed by atoms with E-state index in [1.54, 1.807) is 26.0 Å². The van der Waals surface area contributed by atoms with E-state index in [1.807, 2.05) is 33.8 Å². The Balaban J connectivity index is 2.76. The minimum absolute atomic E-state index is 0.142. The zero-order valence-corrected chi connectivity index (χ0v) is 13.2. The number of carbonyl (C=O) groups excluding carboxylic acids is 1. The molecular formula is C16H25NO3. The van der Waals surface area contributed by atoms with Crippen LogP contribution in [0.3, 0.4) is 0 Å². The van der Waals surface area contributed by atoms with Crippen LogP contribution >= 0.6 is 0 Å². The molecule has 1 rings (SSSR count). The number of hydrogen-bond acceptors (Lipinski definition) is 3. The topological polar surface area (TPSA) is 58.6 Å². The van der Waals surface area contributed by atoms with Gasteiger partial charge in [0.15, 0.2) is 6.10 Å². The molecule has 0 saturated heterocycles. The average molecular weight is 279 g/mol. The Morgan fingerprint density at radius 3 is 2.35 bits per heavy atom. The number of rotatable bonds is 4. The molecule has 2 atom stereocenters. The monoisotopic (exact) mass is 279 g/mol. The Morgan fingerprint density at radius 1 is 1.30 bits per heavy atom. The van der Waals surface area contributed by atoms with Gasteiger partial charge in [0.05, 0.1) is 6.10 Å². The zero-order chi connectivity index (χ0) is 15.5. The van der Waals surface area contributed by atoms with E-state index in [2.05, 4.69) is 5.32 Å². The third kappa shape index (κ3) is 4.85. The molecule has 0 aromatic heterocycles. The molecule has 0 radical (unpaired) electrons. The molecule has 0 aliphatic carbocycles. The molecule has 0 bridgehead atoms. The summed E-state index contributed by atoms with van der Waals surface area (Å²) in [6.07, 6.45) is -1.07. The summed E-state index contributed by atoms with van der Waals surface area (Å²) in [6.45, 7) is 11.1. The maximum atomic E-state index is 12.0. The van der Waals surface area contributed by atoms with E-state index < -0.39 is 12.2 Å². The molecule has 0 aliphatic heterocycles. The summed E-state index contributed by atoms with van der Waals surface area (Å²) < 4.78 is 5.69. The number of ether oxygens (including phenoxy) is 1. The molecule has 0 spiro atoms. The van der Waals surface area contributed by atoms with Crippen LogP contribution in [0.4, 0.5) is 0 Å². The second-order valence-electron chi connectivity index (χ2n) is 6.20. The van der Waals surface area contributed by atoms with E-state index in [0.29, 0.717) is 5.75 Å². The van der Waals surface area contributed by atoms with Crippen molar-refractivity contribution in [1.82, 2.24) is 5.32 Å². The van der Waals surface area contributed by atoms with Gasteiger partial charge in [-0.25, -0.2) is 0 Å². The number of benzene rings is 1. The lowest BCUT2D eigenvalue weighted by Crippen LogP contribution is -2.46. The highest BCUT2D eigenvalue weighted by Crippen LogP contribution is 2.23. The number of aliphatic hydroxyl groups excluding tert-OH is 1. The predicted molar refractivity (Wildman–Crippen MR) is 79.8 cm³/mol. The number of aryl methyl sites for hydroxylation is 1. The summed E-state index contributed by atoms with van der Waals surface area (Å²) in [4.78, 5) is 12.0. The van der Waals surface area contributed by atoms with Gasteiger partial charge in [0.1, 0.15) is 5.75 Å². The van der Waals surface area contributed by atoms with Gasteiger partial charge in [-0.2, -0.15) is 0 Å². The number of amides is 1. The molecule has 1 unspecified atom stereocenters. The van der Waals surface area contributed by atoms with Crippen molar-refractivity contribution in [1.29, 1.82) is 0 Å². The molecule has 20 heavy (non-hydrogen) atoms. The summed E-state index contributed by atoms with van der Waals surface area (Å²) in [5.74, 6) is 0.516. The maximum absolute atomic E-state index is 12.0. The van der Waals surface area contributed by atoms with Crippen molar-refractivity contribution < 1.29 is 14.6 Å². The molecule has 4 heteroatoms. The fourth-order valence-electron chi connectivity index (χ4n) is 1.78. The van der Waals surface area contributed by atoms with Gasteiger partial charge in [0, 0.05) is 5.54 Å². The van der Waals surface area contributed by atoms with Crippen molar-refractivity contribution in [3.05, 3.63) is 29.3 Å². The predicted octanol–water partition coefficient (Wildman–Crippen LogP) is 2.73. The maximum Gasteiger partial charge on any atom is 0.261 e. The van der Waals surface area contributed by atoms with Gasteiger partial charge in [0.25, 0.3) is 5.91 Å². The molecule has 4 nitrogen and oxygen atoms in total. The van der Waals surface area contributed by atoms with Gasteiger partial charge in [-0.1, -0.05) is 6.07 Å². The van der Waals surface area contributed by atoms with Crippen LogP contribution in [0.1, 0.15) is 51.8 Å². The van der Waals surface area contributed by atoms with E-state index in [4.69, 9.17) is 4.74 Å². The first kappa shape index (κ1) is 16.5. The minimum Gasteiger partial charge on any atom is -0.481 e. The Labute approximate surface area is 121 Å². The molecule has 2 N–H and O–H groups in total. The smallest absolute Gasteiger partial charge is 0.261 e. The van der Waals surface area contributed by atoms with Crippen LogP contribution in [0.15, 0.2) is 18.2 Å². The largest absolute Gasteiger partial charge is 0.481 e. The second kappa shape index (κ2) is 6.27. The highest BCUT2D eigenvalue weighted by atomic mass is 16.5. The minimum atomic E-state index is -0.565. The van der Waals surface area contributed by atoms with Crippen LogP contribution in [0, 0.1) is 6.92 Å². The van der Waals surface area contributed by atoms with Crippen LogP contribution in [0.2, 0.25) is 0 Å². The molecule has 1 amide bonds. The summed E-state index contributed by atoms with van der Waals surface area (Å²) in [5, 5.41) is 12.4. The molecule has 1 aromatic rings. The molecular weight excluding hydrogens is 254 g/mol. The summed E-state index contributed by atoms with van der Waals surface area (Å²) >= 11 is 0. The molecule has 112 valence electrons. The van der Waals surface area contributed by atoms with Crippen LogP contribution in [-0.2, 0) is 4.79 Å². The van der Waals surface area contributed by atoms with Crippen molar-refractivity contribution in [3.8, 4) is 5.75 Å². The van der Waals surface area contributed by atoms with Crippen molar-refractivity contribution >= 4 is 5.91 Å². The van der Waals surface area contributed by atoms with Crippen molar-refractivity contribution in [2.24, 2.45) is 0 Å². The Hall–Kier alpha value is -1.55. The molecule has 1 aromatic carbocycles. The van der Waals surface area contributed by atoms with Crippen molar-refractivity contribution in [3.63, 3.8) is 0 Å². The first-order chi connectivity index (χ1) is 9.10. The van der Waals surface area contributed by atoms with Crippen molar-refractivity contribution in [2.45, 2.75) is 59.3 Å². The van der Waals surface area contributed by atoms with Gasteiger partial charge in [0.2, 0.25) is 0 Å². The second-order valence-corrected chi connectivity index (χ2v) is 6.20. The molecule has 0 fully saturated rings. The Morgan fingerprint density at radius 2 is 1.90 bits per heavy atom. The SMILES string of the molecule is Cc1cc([C@@H](C)O)ccc1OC(C)C(=O)NC(C)(C)C. The summed E-state index contributed by atoms with van der Waals surface area (Å²) in [7, 11) is 0. The first-order valence-corrected chi connectivity index (χ1v) is 6.87. The lowest BCUT2D eigenvalue weighted by Gasteiger charge is -2.24. The lowest BCUT2D eigenvalue weighted by molar-refractivity contribution is -0.128. The fourth-order valence-corrected chi connectivity index (χ4v) is 1.78. The van der Waals surface area contributed by atoms with Crippen LogP contribution in [0.5, 0.6) is 5.75 Å². The van der Waals surface area contributed by atoms with E-state index in [9.17, 15) is 9.90 Å². The quantitative estimate of drug-likeness (QED) is 0.891. The van der Waals surface area contributed by atoms with Crippen molar-refractivity contribution in [2.75, 3.05) is 0 Å². The standard InChI is InChI=1S/C16H25NO3/c1-10-9-13(11(2)18)7-8-14(10)20-12(3)15(19)17-16(4,5)6/h7-9,11-12,18H,1-6H3,(H,17,19)/t11-,12?/m1/s1. The molecule has 0 saturated carbocycles. The van der Waals surface area contributed by atoms with E-state index in [0.717, 1.165) is 11.1 Å². The molecule has 0 heterocycles. The third-order valence-corrected chi connectivity index (χ3v) is 2.85. The van der Waals surface area contributed by atoms with Gasteiger partial charge in [-0.15, -0.1) is 0 Å². The zero-order valence-electron chi connectivity index (χ0n) is 13.2. The van der Waals surface area contributed by atoms with E-state index >= 15 is 0 Å². The molecule has 0 aliphatic rings. The number of hydrogen-bond donors (Lipinski definition) is 2. The first-order valence-electron chi connectivity index (χ1n) is 6.87. The van der Waals surface area contributed by atoms with E-state index in [-0.39, 0.29) is 11.4 Å². The number of carbonyl (C=O) groups is 1.